The number of amides is 2. The van der Waals surface area contributed by atoms with E-state index in [4.69, 9.17) is 16.3 Å². The summed E-state index contributed by atoms with van der Waals surface area (Å²) >= 11 is 6.16. The molecule has 0 spiro atoms. The van der Waals surface area contributed by atoms with Crippen molar-refractivity contribution in [2.45, 2.75) is 51.6 Å². The number of nitrogens with zero attached hydrogens (tertiary/aromatic N) is 2. The Morgan fingerprint density at radius 2 is 1.49 bits per heavy atom. The van der Waals surface area contributed by atoms with Gasteiger partial charge in [-0.25, -0.2) is 8.42 Å². The van der Waals surface area contributed by atoms with E-state index in [0.717, 1.165) is 21.0 Å². The summed E-state index contributed by atoms with van der Waals surface area (Å²) in [5.74, 6) is -0.0973. The van der Waals surface area contributed by atoms with Crippen molar-refractivity contribution < 1.29 is 22.7 Å². The van der Waals surface area contributed by atoms with E-state index in [1.165, 1.54) is 17.0 Å². The molecule has 4 aromatic rings. The van der Waals surface area contributed by atoms with Crippen LogP contribution in [0, 0.1) is 12.8 Å². The maximum Gasteiger partial charge on any atom is 0.264 e. The number of halogens is 1. The largest absolute Gasteiger partial charge is 0.494 e. The van der Waals surface area contributed by atoms with Crippen molar-refractivity contribution in [1.82, 2.24) is 10.2 Å². The Labute approximate surface area is 283 Å². The van der Waals surface area contributed by atoms with Crippen LogP contribution in [0.4, 0.5) is 5.69 Å². The molecule has 0 fully saturated rings. The summed E-state index contributed by atoms with van der Waals surface area (Å²) in [4.78, 5) is 30.0. The third-order valence-electron chi connectivity index (χ3n) is 7.55. The predicted molar refractivity (Wildman–Crippen MR) is 187 cm³/mol. The van der Waals surface area contributed by atoms with Crippen LogP contribution >= 0.6 is 11.6 Å². The maximum absolute atomic E-state index is 14.6. The zero-order chi connectivity index (χ0) is 34.0. The molecule has 0 heterocycles. The molecule has 248 valence electrons. The molecule has 47 heavy (non-hydrogen) atoms. The van der Waals surface area contributed by atoms with Crippen molar-refractivity contribution in [2.24, 2.45) is 5.92 Å². The first-order chi connectivity index (χ1) is 22.5. The average molecular weight is 676 g/mol. The van der Waals surface area contributed by atoms with Crippen molar-refractivity contribution in [1.29, 1.82) is 0 Å². The Morgan fingerprint density at radius 3 is 2.09 bits per heavy atom. The average Bonchev–Trinajstić information content (AvgIpc) is 3.06. The van der Waals surface area contributed by atoms with E-state index in [1.807, 2.05) is 58.0 Å². The summed E-state index contributed by atoms with van der Waals surface area (Å²) < 4.78 is 35.1. The number of anilines is 1. The minimum atomic E-state index is -4.20. The summed E-state index contributed by atoms with van der Waals surface area (Å²) in [7, 11) is -4.20. The Balaban J connectivity index is 1.79. The van der Waals surface area contributed by atoms with Crippen molar-refractivity contribution in [3.63, 3.8) is 0 Å². The number of carbonyl (C=O) groups excluding carboxylic acids is 2. The van der Waals surface area contributed by atoms with Crippen molar-refractivity contribution >= 4 is 39.1 Å². The van der Waals surface area contributed by atoms with Crippen LogP contribution in [0.3, 0.4) is 0 Å². The van der Waals surface area contributed by atoms with Gasteiger partial charge in [0.1, 0.15) is 18.3 Å². The lowest BCUT2D eigenvalue weighted by atomic mass is 10.0. The molecule has 0 saturated carbocycles. The zero-order valence-electron chi connectivity index (χ0n) is 27.2. The standard InChI is InChI=1S/C37H42ClN3O5S/c1-5-46-33-19-17-32(18-20-33)41(47(44,45)34-21-11-28(4)12-22-34)26-36(42)40(25-30-13-15-31(38)16-14-30)35(37(43)39-24-27(2)3)23-29-9-7-6-8-10-29/h6-22,27,35H,5,23-26H2,1-4H3,(H,39,43)/t35-/m0/s1. The van der Waals surface area contributed by atoms with E-state index >= 15 is 0 Å². The molecule has 0 aliphatic rings. The number of rotatable bonds is 15. The van der Waals surface area contributed by atoms with Gasteiger partial charge in [0.05, 0.1) is 17.2 Å². The van der Waals surface area contributed by atoms with Gasteiger partial charge in [0.2, 0.25) is 11.8 Å². The van der Waals surface area contributed by atoms with Gasteiger partial charge in [-0.3, -0.25) is 13.9 Å². The monoisotopic (exact) mass is 675 g/mol. The van der Waals surface area contributed by atoms with Gasteiger partial charge in [-0.2, -0.15) is 0 Å². The number of nitrogens with one attached hydrogen (secondary N) is 1. The topological polar surface area (TPSA) is 96.0 Å². The number of hydrogen-bond acceptors (Lipinski definition) is 5. The maximum atomic E-state index is 14.6. The van der Waals surface area contributed by atoms with Gasteiger partial charge in [-0.15, -0.1) is 0 Å². The second-order valence-corrected chi connectivity index (χ2v) is 14.0. The van der Waals surface area contributed by atoms with Crippen LogP contribution in [0.5, 0.6) is 5.75 Å². The second kappa shape index (κ2) is 16.5. The van der Waals surface area contributed by atoms with E-state index < -0.39 is 28.5 Å². The van der Waals surface area contributed by atoms with Crippen LogP contribution in [-0.4, -0.2) is 50.9 Å². The smallest absolute Gasteiger partial charge is 0.264 e. The van der Waals surface area contributed by atoms with Crippen molar-refractivity contribution in [3.05, 3.63) is 125 Å². The molecular weight excluding hydrogens is 634 g/mol. The van der Waals surface area contributed by atoms with Gasteiger partial charge < -0.3 is 15.0 Å². The first kappa shape index (κ1) is 35.5. The van der Waals surface area contributed by atoms with Gasteiger partial charge in [0, 0.05) is 24.5 Å². The fraction of sp³-hybridized carbons (Fsp3) is 0.297. The fourth-order valence-corrected chi connectivity index (χ4v) is 6.54. The molecule has 4 aromatic carbocycles. The van der Waals surface area contributed by atoms with E-state index in [0.29, 0.717) is 23.9 Å². The highest BCUT2D eigenvalue weighted by molar-refractivity contribution is 7.92. The zero-order valence-corrected chi connectivity index (χ0v) is 28.8. The van der Waals surface area contributed by atoms with E-state index in [1.54, 1.807) is 60.7 Å². The SMILES string of the molecule is CCOc1ccc(N(CC(=O)N(Cc2ccc(Cl)cc2)[C@@H](Cc2ccccc2)C(=O)NCC(C)C)S(=O)(=O)c2ccc(C)cc2)cc1. The number of benzene rings is 4. The van der Waals surface area contributed by atoms with Crippen LogP contribution in [0.15, 0.2) is 108 Å². The third kappa shape index (κ3) is 9.83. The minimum absolute atomic E-state index is 0.0459. The first-order valence-corrected chi connectivity index (χ1v) is 17.5. The van der Waals surface area contributed by atoms with Crippen LogP contribution in [0.2, 0.25) is 5.02 Å². The molecule has 10 heteroatoms. The highest BCUT2D eigenvalue weighted by Crippen LogP contribution is 2.27. The van der Waals surface area contributed by atoms with Crippen LogP contribution in [0.25, 0.3) is 0 Å². The summed E-state index contributed by atoms with van der Waals surface area (Å²) in [5.41, 5.74) is 2.80. The summed E-state index contributed by atoms with van der Waals surface area (Å²) in [5, 5.41) is 3.53. The molecule has 0 aromatic heterocycles. The molecule has 0 unspecified atom stereocenters. The molecular formula is C37H42ClN3O5S. The van der Waals surface area contributed by atoms with Crippen LogP contribution in [-0.2, 0) is 32.6 Å². The third-order valence-corrected chi connectivity index (χ3v) is 9.59. The lowest BCUT2D eigenvalue weighted by molar-refractivity contribution is -0.140. The lowest BCUT2D eigenvalue weighted by Crippen LogP contribution is -2.53. The number of ether oxygens (including phenoxy) is 1. The van der Waals surface area contributed by atoms with Gasteiger partial charge >= 0.3 is 0 Å². The number of carbonyl (C=O) groups is 2. The fourth-order valence-electron chi connectivity index (χ4n) is 5.00. The van der Waals surface area contributed by atoms with Gasteiger partial charge in [0.15, 0.2) is 0 Å². The molecule has 0 radical (unpaired) electrons. The molecule has 0 aliphatic heterocycles. The highest BCUT2D eigenvalue weighted by atomic mass is 35.5. The molecule has 4 rings (SSSR count). The first-order valence-electron chi connectivity index (χ1n) is 15.7. The number of sulfonamides is 1. The van der Waals surface area contributed by atoms with E-state index in [9.17, 15) is 18.0 Å². The van der Waals surface area contributed by atoms with Crippen LogP contribution in [0.1, 0.15) is 37.5 Å². The summed E-state index contributed by atoms with van der Waals surface area (Å²) in [6, 6.07) is 28.6. The molecule has 2 amide bonds. The summed E-state index contributed by atoms with van der Waals surface area (Å²) in [6.07, 6.45) is 0.234. The van der Waals surface area contributed by atoms with Crippen LogP contribution < -0.4 is 14.4 Å². The Bertz CT molecular complexity index is 1710. The van der Waals surface area contributed by atoms with Gasteiger partial charge in [-0.05, 0) is 79.4 Å². The number of hydrogen-bond donors (Lipinski definition) is 1. The normalized spacial score (nSPS) is 12.0. The Kier molecular flexibility index (Phi) is 12.4. The number of aryl methyl sites for hydroxylation is 1. The molecule has 0 bridgehead atoms. The summed E-state index contributed by atoms with van der Waals surface area (Å²) in [6.45, 7) is 8.11. The quantitative estimate of drug-likeness (QED) is 0.152. The van der Waals surface area contributed by atoms with Crippen molar-refractivity contribution in [2.75, 3.05) is 24.0 Å². The Morgan fingerprint density at radius 1 is 0.851 bits per heavy atom. The van der Waals surface area contributed by atoms with E-state index in [2.05, 4.69) is 5.32 Å². The lowest BCUT2D eigenvalue weighted by Gasteiger charge is -2.34. The van der Waals surface area contributed by atoms with Gasteiger partial charge in [0.25, 0.3) is 10.0 Å². The molecule has 1 N–H and O–H groups in total. The molecule has 8 nitrogen and oxygen atoms in total. The van der Waals surface area contributed by atoms with E-state index in [-0.39, 0.29) is 35.4 Å². The molecule has 1 atom stereocenters. The Hall–Kier alpha value is -4.34. The van der Waals surface area contributed by atoms with Gasteiger partial charge in [-0.1, -0.05) is 85.6 Å². The highest BCUT2D eigenvalue weighted by Gasteiger charge is 2.34. The molecule has 0 saturated heterocycles. The molecule has 0 aliphatic carbocycles. The predicted octanol–water partition coefficient (Wildman–Crippen LogP) is 6.65. The minimum Gasteiger partial charge on any atom is -0.494 e. The second-order valence-electron chi connectivity index (χ2n) is 11.7. The van der Waals surface area contributed by atoms with Crippen molar-refractivity contribution in [3.8, 4) is 5.75 Å².